The topological polar surface area (TPSA) is 47.5 Å². The molecule has 3 N–H and O–H groups in total. The molecular weight excluding hydrogens is 226 g/mol. The molecule has 0 bridgehead atoms. The quantitative estimate of drug-likeness (QED) is 0.756. The van der Waals surface area contributed by atoms with Gasteiger partial charge in [0.15, 0.2) is 0 Å². The second kappa shape index (κ2) is 6.07. The van der Waals surface area contributed by atoms with Crippen LogP contribution in [0.2, 0.25) is 0 Å². The van der Waals surface area contributed by atoms with Crippen molar-refractivity contribution in [2.24, 2.45) is 0 Å². The van der Waals surface area contributed by atoms with Crippen LogP contribution in [0.1, 0.15) is 25.5 Å². The smallest absolute Gasteiger partial charge is 0.122 e. The van der Waals surface area contributed by atoms with Gasteiger partial charge in [0.1, 0.15) is 5.75 Å². The third-order valence-electron chi connectivity index (χ3n) is 3.56. The zero-order chi connectivity index (χ0) is 13.0. The average Bonchev–Trinajstić information content (AvgIpc) is 2.41. The van der Waals surface area contributed by atoms with Crippen LogP contribution in [0.15, 0.2) is 18.2 Å². The summed E-state index contributed by atoms with van der Waals surface area (Å²) in [6.45, 7) is 8.98. The molecule has 0 amide bonds. The fourth-order valence-electron chi connectivity index (χ4n) is 2.49. The van der Waals surface area contributed by atoms with Crippen LogP contribution in [-0.4, -0.2) is 37.8 Å². The van der Waals surface area contributed by atoms with E-state index in [-0.39, 0.29) is 6.04 Å². The second-order valence-electron chi connectivity index (χ2n) is 4.63. The Hall–Kier alpha value is -1.26. The zero-order valence-electron chi connectivity index (χ0n) is 11.2. The molecule has 18 heavy (non-hydrogen) atoms. The number of aromatic hydroxyl groups is 1. The number of hydrogen-bond donors (Lipinski definition) is 3. The van der Waals surface area contributed by atoms with Crippen LogP contribution in [0.25, 0.3) is 0 Å². The molecule has 0 radical (unpaired) electrons. The average molecular weight is 249 g/mol. The fraction of sp³-hybridized carbons (Fsp3) is 0.571. The van der Waals surface area contributed by atoms with E-state index < -0.39 is 0 Å². The van der Waals surface area contributed by atoms with E-state index in [2.05, 4.69) is 35.4 Å². The molecule has 4 heteroatoms. The van der Waals surface area contributed by atoms with Crippen LogP contribution in [0.5, 0.6) is 5.75 Å². The maximum Gasteiger partial charge on any atom is 0.122 e. The van der Waals surface area contributed by atoms with Crippen molar-refractivity contribution in [1.82, 2.24) is 10.6 Å². The van der Waals surface area contributed by atoms with Gasteiger partial charge in [-0.1, -0.05) is 6.07 Å². The zero-order valence-corrected chi connectivity index (χ0v) is 11.2. The van der Waals surface area contributed by atoms with Crippen molar-refractivity contribution < 1.29 is 5.11 Å². The Morgan fingerprint density at radius 2 is 2.06 bits per heavy atom. The molecule has 1 heterocycles. The summed E-state index contributed by atoms with van der Waals surface area (Å²) in [6.07, 6.45) is 0. The van der Waals surface area contributed by atoms with Crippen LogP contribution < -0.4 is 15.5 Å². The summed E-state index contributed by atoms with van der Waals surface area (Å²) in [7, 11) is 0. The summed E-state index contributed by atoms with van der Waals surface area (Å²) >= 11 is 0. The van der Waals surface area contributed by atoms with Crippen LogP contribution in [-0.2, 0) is 0 Å². The Labute approximate surface area is 109 Å². The van der Waals surface area contributed by atoms with Gasteiger partial charge in [-0.3, -0.25) is 0 Å². The molecule has 0 aromatic heterocycles. The van der Waals surface area contributed by atoms with Gasteiger partial charge in [0.2, 0.25) is 0 Å². The number of rotatable bonds is 4. The minimum Gasteiger partial charge on any atom is -0.508 e. The van der Waals surface area contributed by atoms with Crippen molar-refractivity contribution >= 4 is 5.69 Å². The van der Waals surface area contributed by atoms with Crippen LogP contribution in [0, 0.1) is 0 Å². The molecule has 1 aromatic rings. The third kappa shape index (κ3) is 2.76. The van der Waals surface area contributed by atoms with Crippen molar-refractivity contribution in [3.8, 4) is 5.75 Å². The summed E-state index contributed by atoms with van der Waals surface area (Å²) < 4.78 is 0. The van der Waals surface area contributed by atoms with Gasteiger partial charge in [-0.05, 0) is 19.9 Å². The van der Waals surface area contributed by atoms with E-state index >= 15 is 0 Å². The lowest BCUT2D eigenvalue weighted by molar-refractivity contribution is 0.404. The van der Waals surface area contributed by atoms with Crippen molar-refractivity contribution in [2.75, 3.05) is 37.6 Å². The monoisotopic (exact) mass is 249 g/mol. The fourth-order valence-corrected chi connectivity index (χ4v) is 2.49. The molecule has 0 aliphatic carbocycles. The number of hydrogen-bond acceptors (Lipinski definition) is 4. The van der Waals surface area contributed by atoms with Crippen LogP contribution in [0.4, 0.5) is 5.69 Å². The first-order valence-electron chi connectivity index (χ1n) is 6.78. The van der Waals surface area contributed by atoms with Crippen molar-refractivity contribution in [3.63, 3.8) is 0 Å². The highest BCUT2D eigenvalue weighted by molar-refractivity contribution is 5.54. The first kappa shape index (κ1) is 13.2. The number of phenolic OH excluding ortho intramolecular Hbond substituents is 1. The Morgan fingerprint density at radius 1 is 1.28 bits per heavy atom. The van der Waals surface area contributed by atoms with Crippen LogP contribution >= 0.6 is 0 Å². The summed E-state index contributed by atoms with van der Waals surface area (Å²) in [4.78, 5) is 2.23. The highest BCUT2D eigenvalue weighted by atomic mass is 16.3. The summed E-state index contributed by atoms with van der Waals surface area (Å²) in [6, 6.07) is 6.22. The maximum atomic E-state index is 10.2. The van der Waals surface area contributed by atoms with E-state index in [1.165, 1.54) is 0 Å². The van der Waals surface area contributed by atoms with Gasteiger partial charge in [-0.2, -0.15) is 0 Å². The van der Waals surface area contributed by atoms with E-state index in [4.69, 9.17) is 0 Å². The Balaban J connectivity index is 2.18. The van der Waals surface area contributed by atoms with Crippen molar-refractivity contribution in [1.29, 1.82) is 0 Å². The molecule has 1 fully saturated rings. The molecule has 1 atom stereocenters. The molecular formula is C14H23N3O. The maximum absolute atomic E-state index is 10.2. The number of phenols is 1. The molecule has 1 aliphatic rings. The molecule has 1 aliphatic heterocycles. The molecule has 0 unspecified atom stereocenters. The number of nitrogens with zero attached hydrogens (tertiary/aromatic N) is 1. The number of benzene rings is 1. The van der Waals surface area contributed by atoms with Gasteiger partial charge in [0, 0.05) is 56.1 Å². The van der Waals surface area contributed by atoms with Gasteiger partial charge in [-0.25, -0.2) is 0 Å². The van der Waals surface area contributed by atoms with Gasteiger partial charge >= 0.3 is 0 Å². The number of anilines is 1. The Bertz CT molecular complexity index is 385. The first-order chi connectivity index (χ1) is 8.76. The van der Waals surface area contributed by atoms with E-state index in [1.807, 2.05) is 12.1 Å². The van der Waals surface area contributed by atoms with Crippen molar-refractivity contribution in [2.45, 2.75) is 19.9 Å². The second-order valence-corrected chi connectivity index (χ2v) is 4.63. The third-order valence-corrected chi connectivity index (χ3v) is 3.56. The molecule has 2 rings (SSSR count). The minimum absolute atomic E-state index is 0.213. The lowest BCUT2D eigenvalue weighted by Gasteiger charge is -2.27. The minimum atomic E-state index is 0.213. The van der Waals surface area contributed by atoms with E-state index in [0.29, 0.717) is 5.75 Å². The number of nitrogens with one attached hydrogen (secondary N) is 2. The Kier molecular flexibility index (Phi) is 4.44. The van der Waals surface area contributed by atoms with Gasteiger partial charge in [0.05, 0.1) is 0 Å². The van der Waals surface area contributed by atoms with E-state index in [0.717, 1.165) is 44.0 Å². The molecule has 0 saturated carbocycles. The molecule has 4 nitrogen and oxygen atoms in total. The van der Waals surface area contributed by atoms with Gasteiger partial charge in [-0.15, -0.1) is 0 Å². The highest BCUT2D eigenvalue weighted by Gasteiger charge is 2.18. The normalized spacial score (nSPS) is 19.8. The summed E-state index contributed by atoms with van der Waals surface area (Å²) in [5, 5.41) is 16.9. The molecule has 100 valence electrons. The molecule has 1 aromatic carbocycles. The highest BCUT2D eigenvalue weighted by Crippen LogP contribution is 2.29. The number of piperazine rings is 1. The van der Waals surface area contributed by atoms with E-state index in [9.17, 15) is 5.11 Å². The predicted molar refractivity (Wildman–Crippen MR) is 75.3 cm³/mol. The molecule has 0 spiro atoms. The summed E-state index contributed by atoms with van der Waals surface area (Å²) in [5.74, 6) is 0.389. The standard InChI is InChI=1S/C14H23N3O/c1-3-17(4-2)11-5-6-12(14(18)9-11)13-10-15-7-8-16-13/h5-6,9,13,15-16,18H,3-4,7-8,10H2,1-2H3/t13-/m0/s1. The van der Waals surface area contributed by atoms with Crippen LogP contribution in [0.3, 0.4) is 0 Å². The van der Waals surface area contributed by atoms with Gasteiger partial charge < -0.3 is 20.6 Å². The lowest BCUT2D eigenvalue weighted by Crippen LogP contribution is -2.42. The SMILES string of the molecule is CCN(CC)c1ccc([C@@H]2CNCCN2)c(O)c1. The van der Waals surface area contributed by atoms with Gasteiger partial charge in [0.25, 0.3) is 0 Å². The summed E-state index contributed by atoms with van der Waals surface area (Å²) in [5.41, 5.74) is 2.07. The predicted octanol–water partition coefficient (Wildman–Crippen LogP) is 1.47. The first-order valence-corrected chi connectivity index (χ1v) is 6.78. The largest absolute Gasteiger partial charge is 0.508 e. The Morgan fingerprint density at radius 3 is 2.61 bits per heavy atom. The van der Waals surface area contributed by atoms with E-state index in [1.54, 1.807) is 0 Å². The molecule has 1 saturated heterocycles. The van der Waals surface area contributed by atoms with Crippen molar-refractivity contribution in [3.05, 3.63) is 23.8 Å². The lowest BCUT2D eigenvalue weighted by atomic mass is 10.0.